The molecule has 0 saturated carbocycles. The molecule has 2 aromatic carbocycles. The first kappa shape index (κ1) is 15.7. The highest BCUT2D eigenvalue weighted by molar-refractivity contribution is 5.93. The molecule has 1 unspecified atom stereocenters. The van der Waals surface area contributed by atoms with Gasteiger partial charge in [-0.3, -0.25) is 4.79 Å². The zero-order chi connectivity index (χ0) is 16.1. The highest BCUT2D eigenvalue weighted by Crippen LogP contribution is 2.33. The van der Waals surface area contributed by atoms with Gasteiger partial charge in [0.15, 0.2) is 0 Å². The Bertz CT molecular complexity index is 686. The van der Waals surface area contributed by atoms with E-state index in [1.807, 2.05) is 6.07 Å². The second-order valence-corrected chi connectivity index (χ2v) is 4.97. The Morgan fingerprint density at radius 2 is 1.82 bits per heavy atom. The van der Waals surface area contributed by atoms with E-state index in [4.69, 9.17) is 10.5 Å². The average Bonchev–Trinajstić information content (AvgIpc) is 2.50. The van der Waals surface area contributed by atoms with Crippen LogP contribution in [0.1, 0.15) is 29.9 Å². The molecule has 0 spiro atoms. The monoisotopic (exact) mass is 301 g/mol. The Labute approximate surface area is 127 Å². The Kier molecular flexibility index (Phi) is 4.88. The number of benzene rings is 2. The summed E-state index contributed by atoms with van der Waals surface area (Å²) in [6, 6.07) is 12.5. The van der Waals surface area contributed by atoms with E-state index in [-0.39, 0.29) is 29.9 Å². The molecule has 0 fully saturated rings. The summed E-state index contributed by atoms with van der Waals surface area (Å²) in [5.74, 6) is -2.30. The SMILES string of the molecule is N=C(CCC(=O)O)C(c1ccccc1)c1cc(F)ccc1O. The van der Waals surface area contributed by atoms with E-state index in [0.717, 1.165) is 6.07 Å². The summed E-state index contributed by atoms with van der Waals surface area (Å²) >= 11 is 0. The Morgan fingerprint density at radius 3 is 2.45 bits per heavy atom. The summed E-state index contributed by atoms with van der Waals surface area (Å²) in [6.45, 7) is 0. The minimum Gasteiger partial charge on any atom is -0.508 e. The van der Waals surface area contributed by atoms with E-state index in [1.54, 1.807) is 24.3 Å². The third kappa shape index (κ3) is 3.69. The van der Waals surface area contributed by atoms with Gasteiger partial charge in [0.05, 0.1) is 12.3 Å². The van der Waals surface area contributed by atoms with E-state index >= 15 is 0 Å². The fraction of sp³-hybridized carbons (Fsp3) is 0.176. The third-order valence-corrected chi connectivity index (χ3v) is 3.39. The van der Waals surface area contributed by atoms with Crippen LogP contribution >= 0.6 is 0 Å². The lowest BCUT2D eigenvalue weighted by atomic mass is 9.85. The van der Waals surface area contributed by atoms with Crippen molar-refractivity contribution in [2.45, 2.75) is 18.8 Å². The third-order valence-electron chi connectivity index (χ3n) is 3.39. The molecule has 0 radical (unpaired) electrons. The fourth-order valence-corrected chi connectivity index (χ4v) is 2.36. The van der Waals surface area contributed by atoms with Crippen molar-refractivity contribution in [2.75, 3.05) is 0 Å². The minimum atomic E-state index is -1.000. The molecule has 0 aliphatic heterocycles. The Hall–Kier alpha value is -2.69. The number of aliphatic carboxylic acids is 1. The van der Waals surface area contributed by atoms with Crippen LogP contribution in [0.4, 0.5) is 4.39 Å². The van der Waals surface area contributed by atoms with Crippen LogP contribution in [0.3, 0.4) is 0 Å². The summed E-state index contributed by atoms with van der Waals surface area (Å²) in [6.07, 6.45) is -0.150. The van der Waals surface area contributed by atoms with Crippen LogP contribution in [0.25, 0.3) is 0 Å². The van der Waals surface area contributed by atoms with Crippen LogP contribution in [-0.4, -0.2) is 21.9 Å². The maximum Gasteiger partial charge on any atom is 0.303 e. The van der Waals surface area contributed by atoms with Gasteiger partial charge < -0.3 is 15.6 Å². The molecule has 114 valence electrons. The van der Waals surface area contributed by atoms with Crippen LogP contribution in [-0.2, 0) is 4.79 Å². The van der Waals surface area contributed by atoms with Gasteiger partial charge in [0.1, 0.15) is 11.6 Å². The van der Waals surface area contributed by atoms with Crippen LogP contribution in [0.5, 0.6) is 5.75 Å². The van der Waals surface area contributed by atoms with Gasteiger partial charge >= 0.3 is 5.97 Å². The number of nitrogens with one attached hydrogen (secondary N) is 1. The van der Waals surface area contributed by atoms with Gasteiger partial charge in [-0.1, -0.05) is 30.3 Å². The number of phenolic OH excluding ortho intramolecular Hbond substituents is 1. The number of hydrogen-bond donors (Lipinski definition) is 3. The highest BCUT2D eigenvalue weighted by Gasteiger charge is 2.23. The van der Waals surface area contributed by atoms with Gasteiger partial charge in [0.2, 0.25) is 0 Å². The Balaban J connectivity index is 2.44. The fourth-order valence-electron chi connectivity index (χ4n) is 2.36. The van der Waals surface area contributed by atoms with Crippen molar-refractivity contribution < 1.29 is 19.4 Å². The van der Waals surface area contributed by atoms with Crippen molar-refractivity contribution in [1.82, 2.24) is 0 Å². The molecule has 0 bridgehead atoms. The first-order chi connectivity index (χ1) is 10.5. The first-order valence-corrected chi connectivity index (χ1v) is 6.81. The number of rotatable bonds is 6. The standard InChI is InChI=1S/C17H16FNO3/c18-12-6-8-15(20)13(10-12)17(11-4-2-1-3-5-11)14(19)7-9-16(21)22/h1-6,8,10,17,19-20H,7,9H2,(H,21,22). The molecule has 0 aromatic heterocycles. The molecule has 0 heterocycles. The van der Waals surface area contributed by atoms with Crippen LogP contribution in [0, 0.1) is 11.2 Å². The van der Waals surface area contributed by atoms with Crippen molar-refractivity contribution in [1.29, 1.82) is 5.41 Å². The molecule has 4 nitrogen and oxygen atoms in total. The van der Waals surface area contributed by atoms with E-state index in [1.165, 1.54) is 12.1 Å². The van der Waals surface area contributed by atoms with Gasteiger partial charge in [-0.15, -0.1) is 0 Å². The van der Waals surface area contributed by atoms with E-state index in [2.05, 4.69) is 0 Å². The van der Waals surface area contributed by atoms with E-state index in [9.17, 15) is 14.3 Å². The topological polar surface area (TPSA) is 81.4 Å². The maximum absolute atomic E-state index is 13.5. The molecule has 3 N–H and O–H groups in total. The van der Waals surface area contributed by atoms with Crippen molar-refractivity contribution >= 4 is 11.7 Å². The largest absolute Gasteiger partial charge is 0.508 e. The first-order valence-electron chi connectivity index (χ1n) is 6.81. The van der Waals surface area contributed by atoms with Crippen LogP contribution in [0.2, 0.25) is 0 Å². The molecule has 2 rings (SSSR count). The lowest BCUT2D eigenvalue weighted by Crippen LogP contribution is -2.15. The molecular formula is C17H16FNO3. The summed E-state index contributed by atoms with van der Waals surface area (Å²) in [5, 5.41) is 27.0. The predicted molar refractivity (Wildman–Crippen MR) is 80.9 cm³/mol. The van der Waals surface area contributed by atoms with E-state index in [0.29, 0.717) is 5.56 Å². The Morgan fingerprint density at radius 1 is 1.14 bits per heavy atom. The molecule has 5 heteroatoms. The average molecular weight is 301 g/mol. The van der Waals surface area contributed by atoms with Gasteiger partial charge in [-0.25, -0.2) is 4.39 Å². The molecule has 0 saturated heterocycles. The van der Waals surface area contributed by atoms with Gasteiger partial charge in [0, 0.05) is 11.3 Å². The van der Waals surface area contributed by atoms with Crippen LogP contribution < -0.4 is 0 Å². The number of carbonyl (C=O) groups is 1. The smallest absolute Gasteiger partial charge is 0.303 e. The van der Waals surface area contributed by atoms with Crippen molar-refractivity contribution in [3.05, 3.63) is 65.5 Å². The van der Waals surface area contributed by atoms with Gasteiger partial charge in [-0.05, 0) is 30.2 Å². The highest BCUT2D eigenvalue weighted by atomic mass is 19.1. The molecule has 2 aromatic rings. The number of hydrogen-bond acceptors (Lipinski definition) is 3. The second-order valence-electron chi connectivity index (χ2n) is 4.97. The zero-order valence-electron chi connectivity index (χ0n) is 11.8. The van der Waals surface area contributed by atoms with E-state index < -0.39 is 17.7 Å². The molecule has 0 aliphatic carbocycles. The maximum atomic E-state index is 13.5. The number of halogens is 1. The minimum absolute atomic E-state index is 0.0326. The number of carboxylic acid groups (broad SMARTS) is 1. The second kappa shape index (κ2) is 6.85. The summed E-state index contributed by atoms with van der Waals surface area (Å²) in [7, 11) is 0. The lowest BCUT2D eigenvalue weighted by molar-refractivity contribution is -0.136. The quantitative estimate of drug-likeness (QED) is 0.714. The number of carboxylic acids is 1. The molecule has 22 heavy (non-hydrogen) atoms. The molecule has 0 aliphatic rings. The molecular weight excluding hydrogens is 285 g/mol. The number of phenols is 1. The summed E-state index contributed by atoms with van der Waals surface area (Å²) in [4.78, 5) is 10.7. The predicted octanol–water partition coefficient (Wildman–Crippen LogP) is 3.55. The molecule has 0 amide bonds. The number of aromatic hydroxyl groups is 1. The normalized spacial score (nSPS) is 11.9. The summed E-state index contributed by atoms with van der Waals surface area (Å²) in [5.41, 5.74) is 1.09. The van der Waals surface area contributed by atoms with Crippen molar-refractivity contribution in [3.8, 4) is 5.75 Å². The van der Waals surface area contributed by atoms with Gasteiger partial charge in [-0.2, -0.15) is 0 Å². The zero-order valence-corrected chi connectivity index (χ0v) is 11.8. The molecule has 1 atom stereocenters. The van der Waals surface area contributed by atoms with Crippen molar-refractivity contribution in [2.24, 2.45) is 0 Å². The van der Waals surface area contributed by atoms with Gasteiger partial charge in [0.25, 0.3) is 0 Å². The summed E-state index contributed by atoms with van der Waals surface area (Å²) < 4.78 is 13.5. The van der Waals surface area contributed by atoms with Crippen LogP contribution in [0.15, 0.2) is 48.5 Å². The lowest BCUT2D eigenvalue weighted by Gasteiger charge is -2.20. The van der Waals surface area contributed by atoms with Crippen molar-refractivity contribution in [3.63, 3.8) is 0 Å².